The standard InChI is InChI=1S/C15H11BrClNO4/c16-13-11(14(19)20)6-10(7-12(13)17)18-15(21)22-8-9-4-2-1-3-5-9/h1-7H,8H2,(H,18,21)(H,19,20). The first-order valence-corrected chi connectivity index (χ1v) is 7.34. The molecule has 0 bridgehead atoms. The number of carboxylic acid groups (broad SMARTS) is 1. The average Bonchev–Trinajstić information content (AvgIpc) is 2.49. The molecule has 0 saturated carbocycles. The molecule has 0 radical (unpaired) electrons. The monoisotopic (exact) mass is 383 g/mol. The molecule has 1 amide bonds. The Balaban J connectivity index is 2.04. The van der Waals surface area contributed by atoms with Crippen molar-refractivity contribution in [2.24, 2.45) is 0 Å². The molecule has 22 heavy (non-hydrogen) atoms. The SMILES string of the molecule is O=C(Nc1cc(Cl)c(Br)c(C(=O)O)c1)OCc1ccccc1. The van der Waals surface area contributed by atoms with Crippen LogP contribution < -0.4 is 5.32 Å². The third kappa shape index (κ3) is 4.22. The van der Waals surface area contributed by atoms with Crippen LogP contribution in [0.2, 0.25) is 5.02 Å². The van der Waals surface area contributed by atoms with Crippen molar-refractivity contribution in [2.45, 2.75) is 6.61 Å². The first kappa shape index (κ1) is 16.3. The predicted octanol–water partition coefficient (Wildman–Crippen LogP) is 4.55. The summed E-state index contributed by atoms with van der Waals surface area (Å²) >= 11 is 9.00. The van der Waals surface area contributed by atoms with Crippen LogP contribution in [0, 0.1) is 0 Å². The molecule has 0 aliphatic rings. The molecule has 0 saturated heterocycles. The van der Waals surface area contributed by atoms with Crippen molar-refractivity contribution in [3.8, 4) is 0 Å². The molecule has 114 valence electrons. The summed E-state index contributed by atoms with van der Waals surface area (Å²) in [5.74, 6) is -1.16. The Morgan fingerprint density at radius 2 is 1.91 bits per heavy atom. The molecule has 2 aromatic carbocycles. The number of carbonyl (C=O) groups is 2. The van der Waals surface area contributed by atoms with E-state index in [1.165, 1.54) is 12.1 Å². The Bertz CT molecular complexity index is 706. The number of amides is 1. The minimum Gasteiger partial charge on any atom is -0.478 e. The van der Waals surface area contributed by atoms with Gasteiger partial charge in [0.1, 0.15) is 6.61 Å². The van der Waals surface area contributed by atoms with E-state index in [1.807, 2.05) is 30.3 Å². The largest absolute Gasteiger partial charge is 0.478 e. The molecule has 5 nitrogen and oxygen atoms in total. The van der Waals surface area contributed by atoms with Gasteiger partial charge >= 0.3 is 12.1 Å². The molecule has 2 rings (SSSR count). The van der Waals surface area contributed by atoms with Gasteiger partial charge in [-0.1, -0.05) is 41.9 Å². The molecule has 0 aliphatic carbocycles. The zero-order valence-electron chi connectivity index (χ0n) is 11.2. The fourth-order valence-corrected chi connectivity index (χ4v) is 2.31. The first-order valence-electron chi connectivity index (χ1n) is 6.17. The highest BCUT2D eigenvalue weighted by Gasteiger charge is 2.14. The number of benzene rings is 2. The van der Waals surface area contributed by atoms with Gasteiger partial charge in [0, 0.05) is 5.69 Å². The lowest BCUT2D eigenvalue weighted by atomic mass is 10.2. The molecule has 0 atom stereocenters. The number of aromatic carboxylic acids is 1. The van der Waals surface area contributed by atoms with E-state index in [0.717, 1.165) is 5.56 Å². The molecule has 0 fully saturated rings. The van der Waals surface area contributed by atoms with Gasteiger partial charge in [-0.05, 0) is 33.6 Å². The Morgan fingerprint density at radius 3 is 2.55 bits per heavy atom. The predicted molar refractivity (Wildman–Crippen MR) is 86.4 cm³/mol. The number of ether oxygens (including phenoxy) is 1. The van der Waals surface area contributed by atoms with Gasteiger partial charge in [0.15, 0.2) is 0 Å². The van der Waals surface area contributed by atoms with E-state index >= 15 is 0 Å². The van der Waals surface area contributed by atoms with E-state index in [0.29, 0.717) is 0 Å². The summed E-state index contributed by atoms with van der Waals surface area (Å²) in [5.41, 5.74) is 1.03. The Hall–Kier alpha value is -2.05. The van der Waals surface area contributed by atoms with Crippen LogP contribution in [0.4, 0.5) is 10.5 Å². The van der Waals surface area contributed by atoms with Gasteiger partial charge in [-0.2, -0.15) is 0 Å². The van der Waals surface area contributed by atoms with Crippen molar-refractivity contribution in [2.75, 3.05) is 5.32 Å². The summed E-state index contributed by atoms with van der Waals surface area (Å²) in [4.78, 5) is 22.8. The molecule has 0 unspecified atom stereocenters. The number of nitrogens with one attached hydrogen (secondary N) is 1. The van der Waals surface area contributed by atoms with E-state index < -0.39 is 12.1 Å². The minimum atomic E-state index is -1.16. The number of carboxylic acids is 1. The summed E-state index contributed by atoms with van der Waals surface area (Å²) in [6.07, 6.45) is -0.696. The number of carbonyl (C=O) groups excluding carboxylic acids is 1. The highest BCUT2D eigenvalue weighted by Crippen LogP contribution is 2.30. The van der Waals surface area contributed by atoms with E-state index in [4.69, 9.17) is 21.4 Å². The highest BCUT2D eigenvalue weighted by molar-refractivity contribution is 9.10. The Morgan fingerprint density at radius 1 is 1.23 bits per heavy atom. The second kappa shape index (κ2) is 7.29. The van der Waals surface area contributed by atoms with Crippen molar-refractivity contribution in [1.82, 2.24) is 0 Å². The van der Waals surface area contributed by atoms with E-state index in [9.17, 15) is 9.59 Å². The lowest BCUT2D eigenvalue weighted by Crippen LogP contribution is -2.14. The normalized spacial score (nSPS) is 10.1. The lowest BCUT2D eigenvalue weighted by Gasteiger charge is -2.09. The van der Waals surface area contributed by atoms with E-state index in [-0.39, 0.29) is 27.4 Å². The van der Waals surface area contributed by atoms with Crippen LogP contribution in [0.3, 0.4) is 0 Å². The summed E-state index contributed by atoms with van der Waals surface area (Å²) in [6.45, 7) is 0.114. The van der Waals surface area contributed by atoms with Crippen molar-refractivity contribution in [1.29, 1.82) is 0 Å². The van der Waals surface area contributed by atoms with Gasteiger partial charge in [0.2, 0.25) is 0 Å². The molecule has 0 heterocycles. The van der Waals surface area contributed by atoms with E-state index in [2.05, 4.69) is 21.2 Å². The maximum absolute atomic E-state index is 11.7. The molecule has 7 heteroatoms. The summed E-state index contributed by atoms with van der Waals surface area (Å²) in [7, 11) is 0. The van der Waals surface area contributed by atoms with Crippen LogP contribution in [0.1, 0.15) is 15.9 Å². The number of halogens is 2. The zero-order valence-corrected chi connectivity index (χ0v) is 13.5. The molecular weight excluding hydrogens is 374 g/mol. The van der Waals surface area contributed by atoms with Crippen molar-refractivity contribution >= 4 is 45.3 Å². The van der Waals surface area contributed by atoms with Crippen LogP contribution in [0.25, 0.3) is 0 Å². The summed E-state index contributed by atoms with van der Waals surface area (Å²) < 4.78 is 5.30. The van der Waals surface area contributed by atoms with Crippen molar-refractivity contribution in [3.05, 3.63) is 63.1 Å². The topological polar surface area (TPSA) is 75.6 Å². The highest BCUT2D eigenvalue weighted by atomic mass is 79.9. The van der Waals surface area contributed by atoms with Gasteiger partial charge < -0.3 is 9.84 Å². The van der Waals surface area contributed by atoms with E-state index in [1.54, 1.807) is 0 Å². The molecule has 2 aromatic rings. The molecule has 0 aliphatic heterocycles. The van der Waals surface area contributed by atoms with Gasteiger partial charge in [0.25, 0.3) is 0 Å². The van der Waals surface area contributed by atoms with Gasteiger partial charge in [-0.25, -0.2) is 9.59 Å². The van der Waals surface area contributed by atoms with Gasteiger partial charge in [-0.3, -0.25) is 5.32 Å². The fraction of sp³-hybridized carbons (Fsp3) is 0.0667. The maximum Gasteiger partial charge on any atom is 0.411 e. The number of hydrogen-bond acceptors (Lipinski definition) is 3. The van der Waals surface area contributed by atoms with Crippen LogP contribution in [-0.2, 0) is 11.3 Å². The first-order chi connectivity index (χ1) is 10.5. The smallest absolute Gasteiger partial charge is 0.411 e. The lowest BCUT2D eigenvalue weighted by molar-refractivity contribution is 0.0695. The number of rotatable bonds is 4. The van der Waals surface area contributed by atoms with Crippen LogP contribution in [0.5, 0.6) is 0 Å². The van der Waals surface area contributed by atoms with Crippen LogP contribution in [0.15, 0.2) is 46.9 Å². The summed E-state index contributed by atoms with van der Waals surface area (Å²) in [5, 5.41) is 11.7. The molecule has 2 N–H and O–H groups in total. The third-order valence-corrected chi connectivity index (χ3v) is 4.10. The molecule has 0 aromatic heterocycles. The molecular formula is C15H11BrClNO4. The van der Waals surface area contributed by atoms with Gasteiger partial charge in [0.05, 0.1) is 15.1 Å². The fourth-order valence-electron chi connectivity index (χ4n) is 1.69. The van der Waals surface area contributed by atoms with Crippen LogP contribution in [-0.4, -0.2) is 17.2 Å². The van der Waals surface area contributed by atoms with Crippen LogP contribution >= 0.6 is 27.5 Å². The van der Waals surface area contributed by atoms with Crippen molar-refractivity contribution in [3.63, 3.8) is 0 Å². The maximum atomic E-state index is 11.7. The quantitative estimate of drug-likeness (QED) is 0.811. The minimum absolute atomic E-state index is 0.0501. The molecule has 0 spiro atoms. The second-order valence-electron chi connectivity index (χ2n) is 4.31. The summed E-state index contributed by atoms with van der Waals surface area (Å²) in [6, 6.07) is 11.9. The third-order valence-electron chi connectivity index (χ3n) is 2.72. The Kier molecular flexibility index (Phi) is 5.41. The Labute approximate surface area is 140 Å². The van der Waals surface area contributed by atoms with Gasteiger partial charge in [-0.15, -0.1) is 0 Å². The second-order valence-corrected chi connectivity index (χ2v) is 5.51. The number of anilines is 1. The average molecular weight is 385 g/mol. The van der Waals surface area contributed by atoms with Crippen molar-refractivity contribution < 1.29 is 19.4 Å². The number of hydrogen-bond donors (Lipinski definition) is 2. The zero-order chi connectivity index (χ0) is 16.1.